The maximum atomic E-state index is 12.4. The molecule has 0 unspecified atom stereocenters. The van der Waals surface area contributed by atoms with Gasteiger partial charge in [-0.05, 0) is 55.7 Å². The zero-order valence-corrected chi connectivity index (χ0v) is 14.1. The molecule has 2 N–H and O–H groups in total. The normalized spacial score (nSPS) is 15.0. The van der Waals surface area contributed by atoms with Gasteiger partial charge in [-0.1, -0.05) is 0 Å². The topological polar surface area (TPSA) is 82.5 Å². The van der Waals surface area contributed by atoms with E-state index in [0.717, 1.165) is 31.5 Å². The minimum atomic E-state index is -0.975. The quantitative estimate of drug-likeness (QED) is 0.895. The molecule has 0 spiro atoms. The third-order valence-electron chi connectivity index (χ3n) is 4.60. The van der Waals surface area contributed by atoms with E-state index in [4.69, 9.17) is 5.11 Å². The standard InChI is InChI=1S/C19H21N3O3/c1-13-12-20-9-6-17(13)22-10-7-14(8-11-22)18(23)21-16-4-2-15(3-5-16)19(24)25/h2-6,9,12,14H,7-8,10-11H2,1H3,(H,21,23)(H,24,25). The average molecular weight is 339 g/mol. The number of aromatic carboxylic acids is 1. The summed E-state index contributed by atoms with van der Waals surface area (Å²) in [6.45, 7) is 3.71. The molecule has 1 fully saturated rings. The van der Waals surface area contributed by atoms with Gasteiger partial charge in [-0.3, -0.25) is 9.78 Å². The molecule has 1 saturated heterocycles. The van der Waals surface area contributed by atoms with Crippen LogP contribution in [0.15, 0.2) is 42.7 Å². The van der Waals surface area contributed by atoms with E-state index in [1.54, 1.807) is 18.3 Å². The third kappa shape index (κ3) is 3.96. The third-order valence-corrected chi connectivity index (χ3v) is 4.60. The summed E-state index contributed by atoms with van der Waals surface area (Å²) in [7, 11) is 0. The predicted octanol–water partition coefficient (Wildman–Crippen LogP) is 2.94. The summed E-state index contributed by atoms with van der Waals surface area (Å²) in [5.41, 5.74) is 3.16. The van der Waals surface area contributed by atoms with E-state index in [2.05, 4.69) is 15.2 Å². The van der Waals surface area contributed by atoms with Crippen molar-refractivity contribution < 1.29 is 14.7 Å². The molecule has 2 aromatic rings. The van der Waals surface area contributed by atoms with Gasteiger partial charge in [0, 0.05) is 42.8 Å². The van der Waals surface area contributed by atoms with Gasteiger partial charge >= 0.3 is 5.97 Å². The van der Waals surface area contributed by atoms with Crippen LogP contribution in [-0.2, 0) is 4.79 Å². The highest BCUT2D eigenvalue weighted by Gasteiger charge is 2.25. The highest BCUT2D eigenvalue weighted by atomic mass is 16.4. The fourth-order valence-electron chi connectivity index (χ4n) is 3.14. The van der Waals surface area contributed by atoms with E-state index in [1.807, 2.05) is 19.2 Å². The van der Waals surface area contributed by atoms with Crippen LogP contribution in [0.25, 0.3) is 0 Å². The average Bonchev–Trinajstić information content (AvgIpc) is 2.63. The highest BCUT2D eigenvalue weighted by molar-refractivity contribution is 5.94. The number of carboxylic acids is 1. The molecular weight excluding hydrogens is 318 g/mol. The number of pyridine rings is 1. The van der Waals surface area contributed by atoms with Crippen LogP contribution in [0.4, 0.5) is 11.4 Å². The fourth-order valence-corrected chi connectivity index (χ4v) is 3.14. The number of anilines is 2. The number of nitrogens with zero attached hydrogens (tertiary/aromatic N) is 2. The Hall–Kier alpha value is -2.89. The van der Waals surface area contributed by atoms with E-state index in [9.17, 15) is 9.59 Å². The number of hydrogen-bond donors (Lipinski definition) is 2. The minimum absolute atomic E-state index is 0.00539. The van der Waals surface area contributed by atoms with Gasteiger partial charge in [-0.2, -0.15) is 0 Å². The molecule has 3 rings (SSSR count). The van der Waals surface area contributed by atoms with E-state index in [-0.39, 0.29) is 17.4 Å². The SMILES string of the molecule is Cc1cnccc1N1CCC(C(=O)Nc2ccc(C(=O)O)cc2)CC1. The first-order chi connectivity index (χ1) is 12.0. The second-order valence-electron chi connectivity index (χ2n) is 6.30. The number of benzene rings is 1. The van der Waals surface area contributed by atoms with Crippen molar-refractivity contribution in [2.75, 3.05) is 23.3 Å². The lowest BCUT2D eigenvalue weighted by Crippen LogP contribution is -2.38. The Labute approximate surface area is 146 Å². The second-order valence-corrected chi connectivity index (χ2v) is 6.30. The van der Waals surface area contributed by atoms with Crippen LogP contribution in [0.3, 0.4) is 0 Å². The van der Waals surface area contributed by atoms with Crippen molar-refractivity contribution in [2.45, 2.75) is 19.8 Å². The molecule has 6 nitrogen and oxygen atoms in total. The Balaban J connectivity index is 1.56. The minimum Gasteiger partial charge on any atom is -0.478 e. The van der Waals surface area contributed by atoms with Crippen molar-refractivity contribution in [1.29, 1.82) is 0 Å². The number of carbonyl (C=O) groups is 2. The molecule has 0 atom stereocenters. The van der Waals surface area contributed by atoms with E-state index >= 15 is 0 Å². The molecule has 2 heterocycles. The van der Waals surface area contributed by atoms with Crippen LogP contribution in [-0.4, -0.2) is 35.1 Å². The van der Waals surface area contributed by atoms with Gasteiger partial charge in [0.25, 0.3) is 0 Å². The first-order valence-corrected chi connectivity index (χ1v) is 8.34. The number of aryl methyl sites for hydroxylation is 1. The number of carbonyl (C=O) groups excluding carboxylic acids is 1. The van der Waals surface area contributed by atoms with E-state index in [1.165, 1.54) is 17.8 Å². The molecule has 0 aliphatic carbocycles. The van der Waals surface area contributed by atoms with Crippen molar-refractivity contribution in [1.82, 2.24) is 4.98 Å². The molecule has 1 aromatic heterocycles. The summed E-state index contributed by atoms with van der Waals surface area (Å²) in [4.78, 5) is 29.7. The molecule has 130 valence electrons. The van der Waals surface area contributed by atoms with Crippen LogP contribution in [0.1, 0.15) is 28.8 Å². The number of piperidine rings is 1. The largest absolute Gasteiger partial charge is 0.478 e. The number of aromatic nitrogens is 1. The Morgan fingerprint density at radius 2 is 1.84 bits per heavy atom. The zero-order chi connectivity index (χ0) is 17.8. The lowest BCUT2D eigenvalue weighted by Gasteiger charge is -2.33. The molecular formula is C19H21N3O3. The lowest BCUT2D eigenvalue weighted by molar-refractivity contribution is -0.120. The van der Waals surface area contributed by atoms with Gasteiger partial charge in [0.2, 0.25) is 5.91 Å². The van der Waals surface area contributed by atoms with Crippen molar-refractivity contribution >= 4 is 23.3 Å². The summed E-state index contributed by atoms with van der Waals surface area (Å²) in [6.07, 6.45) is 5.23. The van der Waals surface area contributed by atoms with Gasteiger partial charge in [-0.15, -0.1) is 0 Å². The van der Waals surface area contributed by atoms with Crippen LogP contribution in [0, 0.1) is 12.8 Å². The zero-order valence-electron chi connectivity index (χ0n) is 14.1. The molecule has 6 heteroatoms. The molecule has 0 bridgehead atoms. The van der Waals surface area contributed by atoms with Gasteiger partial charge in [-0.25, -0.2) is 4.79 Å². The van der Waals surface area contributed by atoms with Crippen molar-refractivity contribution in [2.24, 2.45) is 5.92 Å². The van der Waals surface area contributed by atoms with Gasteiger partial charge in [0.1, 0.15) is 0 Å². The predicted molar refractivity (Wildman–Crippen MR) is 95.9 cm³/mol. The molecule has 1 aliphatic rings. The van der Waals surface area contributed by atoms with Crippen molar-refractivity contribution in [3.05, 3.63) is 53.9 Å². The maximum absolute atomic E-state index is 12.4. The number of rotatable bonds is 4. The molecule has 25 heavy (non-hydrogen) atoms. The summed E-state index contributed by atoms with van der Waals surface area (Å²) >= 11 is 0. The van der Waals surface area contributed by atoms with Gasteiger partial charge in [0.15, 0.2) is 0 Å². The summed E-state index contributed by atoms with van der Waals surface area (Å²) in [6, 6.07) is 8.24. The van der Waals surface area contributed by atoms with Crippen LogP contribution in [0.5, 0.6) is 0 Å². The fraction of sp³-hybridized carbons (Fsp3) is 0.316. The Bertz CT molecular complexity index is 766. The van der Waals surface area contributed by atoms with Crippen molar-refractivity contribution in [3.8, 4) is 0 Å². The smallest absolute Gasteiger partial charge is 0.335 e. The Morgan fingerprint density at radius 3 is 2.44 bits per heavy atom. The number of carboxylic acid groups (broad SMARTS) is 1. The summed E-state index contributed by atoms with van der Waals surface area (Å²) in [5, 5.41) is 11.8. The number of amides is 1. The van der Waals surface area contributed by atoms with Crippen LogP contribution in [0.2, 0.25) is 0 Å². The first-order valence-electron chi connectivity index (χ1n) is 8.34. The maximum Gasteiger partial charge on any atom is 0.335 e. The first kappa shape index (κ1) is 17.0. The molecule has 1 amide bonds. The van der Waals surface area contributed by atoms with E-state index < -0.39 is 5.97 Å². The highest BCUT2D eigenvalue weighted by Crippen LogP contribution is 2.26. The Morgan fingerprint density at radius 1 is 1.16 bits per heavy atom. The van der Waals surface area contributed by atoms with Gasteiger partial charge in [0.05, 0.1) is 5.56 Å². The molecule has 1 aliphatic heterocycles. The lowest BCUT2D eigenvalue weighted by atomic mass is 9.95. The summed E-state index contributed by atoms with van der Waals surface area (Å²) < 4.78 is 0. The van der Waals surface area contributed by atoms with Crippen LogP contribution >= 0.6 is 0 Å². The van der Waals surface area contributed by atoms with Crippen LogP contribution < -0.4 is 10.2 Å². The van der Waals surface area contributed by atoms with Crippen molar-refractivity contribution in [3.63, 3.8) is 0 Å². The second kappa shape index (κ2) is 7.34. The number of hydrogen-bond acceptors (Lipinski definition) is 4. The summed E-state index contributed by atoms with van der Waals surface area (Å²) in [5.74, 6) is -1.01. The van der Waals surface area contributed by atoms with E-state index in [0.29, 0.717) is 5.69 Å². The van der Waals surface area contributed by atoms with Gasteiger partial charge < -0.3 is 15.3 Å². The molecule has 0 radical (unpaired) electrons. The molecule has 0 saturated carbocycles. The monoisotopic (exact) mass is 339 g/mol. The number of nitrogens with one attached hydrogen (secondary N) is 1. The Kier molecular flexibility index (Phi) is 4.97. The molecule has 1 aromatic carbocycles.